The van der Waals surface area contributed by atoms with E-state index >= 15 is 0 Å². The number of nitrogens with zero attached hydrogens (tertiary/aromatic N) is 1. The molecule has 1 amide bonds. The fourth-order valence-electron chi connectivity index (χ4n) is 4.51. The minimum atomic E-state index is -0.0686. The lowest BCUT2D eigenvalue weighted by Gasteiger charge is -2.36. The van der Waals surface area contributed by atoms with E-state index in [-0.39, 0.29) is 11.9 Å². The molecular weight excluding hydrogens is 371 g/mol. The molecule has 1 aliphatic carbocycles. The molecule has 1 saturated carbocycles. The summed E-state index contributed by atoms with van der Waals surface area (Å²) in [5, 5.41) is 4.18. The van der Waals surface area contributed by atoms with Crippen molar-refractivity contribution in [2.45, 2.75) is 38.1 Å². The van der Waals surface area contributed by atoms with E-state index in [9.17, 15) is 4.79 Å². The number of ether oxygens (including phenoxy) is 1. The highest BCUT2D eigenvalue weighted by Gasteiger charge is 2.55. The Morgan fingerprint density at radius 3 is 2.46 bits per heavy atom. The Kier molecular flexibility index (Phi) is 5.47. The monoisotopic (exact) mass is 396 g/mol. The third kappa shape index (κ3) is 4.19. The van der Waals surface area contributed by atoms with Gasteiger partial charge in [0.2, 0.25) is 0 Å². The molecule has 1 atom stereocenters. The summed E-state index contributed by atoms with van der Waals surface area (Å²) >= 11 is 12.0. The molecule has 1 unspecified atom stereocenters. The van der Waals surface area contributed by atoms with Gasteiger partial charge in [-0.2, -0.15) is 0 Å². The number of likely N-dealkylation sites (tertiary alicyclic amines) is 1. The molecule has 2 aliphatic heterocycles. The largest absolute Gasteiger partial charge is 0.381 e. The first-order valence-corrected chi connectivity index (χ1v) is 10.4. The van der Waals surface area contributed by atoms with Gasteiger partial charge in [-0.05, 0) is 74.7 Å². The van der Waals surface area contributed by atoms with Crippen molar-refractivity contribution in [3.05, 3.63) is 33.8 Å². The highest BCUT2D eigenvalue weighted by atomic mass is 35.5. The Morgan fingerprint density at radius 1 is 1.15 bits per heavy atom. The van der Waals surface area contributed by atoms with Gasteiger partial charge in [-0.1, -0.05) is 23.2 Å². The number of benzene rings is 1. The lowest BCUT2D eigenvalue weighted by molar-refractivity contribution is 0.0451. The molecule has 1 N–H and O–H groups in total. The first-order chi connectivity index (χ1) is 12.5. The quantitative estimate of drug-likeness (QED) is 0.835. The van der Waals surface area contributed by atoms with Crippen molar-refractivity contribution in [3.8, 4) is 0 Å². The molecule has 2 heterocycles. The summed E-state index contributed by atoms with van der Waals surface area (Å²) in [5.41, 5.74) is 0.853. The predicted molar refractivity (Wildman–Crippen MR) is 104 cm³/mol. The molecule has 4 nitrogen and oxygen atoms in total. The van der Waals surface area contributed by atoms with Gasteiger partial charge in [-0.3, -0.25) is 4.79 Å². The number of amides is 1. The molecule has 3 aliphatic rings. The maximum atomic E-state index is 12.5. The van der Waals surface area contributed by atoms with Crippen molar-refractivity contribution in [2.24, 2.45) is 11.3 Å². The Hall–Kier alpha value is -0.810. The van der Waals surface area contributed by atoms with E-state index in [1.165, 1.54) is 32.2 Å². The van der Waals surface area contributed by atoms with E-state index in [0.717, 1.165) is 38.6 Å². The van der Waals surface area contributed by atoms with Crippen LogP contribution in [0.4, 0.5) is 0 Å². The van der Waals surface area contributed by atoms with Crippen molar-refractivity contribution >= 4 is 29.1 Å². The summed E-state index contributed by atoms with van der Waals surface area (Å²) in [4.78, 5) is 15.1. The number of rotatable bonds is 4. The van der Waals surface area contributed by atoms with Crippen LogP contribution in [-0.2, 0) is 4.74 Å². The molecule has 3 fully saturated rings. The summed E-state index contributed by atoms with van der Waals surface area (Å²) < 4.78 is 5.46. The van der Waals surface area contributed by atoms with Crippen LogP contribution in [0.25, 0.3) is 0 Å². The lowest BCUT2D eigenvalue weighted by Crippen LogP contribution is -2.41. The van der Waals surface area contributed by atoms with Gasteiger partial charge in [0.15, 0.2) is 0 Å². The van der Waals surface area contributed by atoms with E-state index < -0.39 is 0 Å². The highest BCUT2D eigenvalue weighted by Crippen LogP contribution is 2.54. The number of carbonyl (C=O) groups excluding carboxylic acids is 1. The number of nitrogens with one attached hydrogen (secondary N) is 1. The molecule has 1 aromatic rings. The highest BCUT2D eigenvalue weighted by molar-refractivity contribution is 6.35. The number of hydrogen-bond acceptors (Lipinski definition) is 3. The zero-order chi connectivity index (χ0) is 18.1. The fraction of sp³-hybridized carbons (Fsp3) is 0.650. The molecule has 0 radical (unpaired) electrons. The van der Waals surface area contributed by atoms with Crippen LogP contribution in [0, 0.1) is 11.3 Å². The Morgan fingerprint density at radius 2 is 1.81 bits per heavy atom. The second-order valence-corrected chi connectivity index (χ2v) is 8.98. The van der Waals surface area contributed by atoms with E-state index in [0.29, 0.717) is 21.0 Å². The normalized spacial score (nSPS) is 26.0. The molecule has 2 saturated heterocycles. The number of halogens is 2. The van der Waals surface area contributed by atoms with Gasteiger partial charge in [0, 0.05) is 41.4 Å². The standard InChI is InChI=1S/C20H26Cl2N2O2/c21-16-9-15(10-17(22)11-16)19(25)23-18-12-20(18)3-5-24(6-4-20)13-14-1-7-26-8-2-14/h9-11,14,18H,1-8,12-13H2,(H,23,25). The zero-order valence-electron chi connectivity index (χ0n) is 15.0. The Labute approximate surface area is 165 Å². The second kappa shape index (κ2) is 7.67. The van der Waals surface area contributed by atoms with Crippen LogP contribution in [0.5, 0.6) is 0 Å². The van der Waals surface area contributed by atoms with Crippen LogP contribution in [0.1, 0.15) is 42.5 Å². The lowest BCUT2D eigenvalue weighted by atomic mass is 9.91. The van der Waals surface area contributed by atoms with Gasteiger partial charge in [0.1, 0.15) is 0 Å². The molecule has 1 aromatic carbocycles. The van der Waals surface area contributed by atoms with Gasteiger partial charge >= 0.3 is 0 Å². The van der Waals surface area contributed by atoms with Gasteiger partial charge in [-0.25, -0.2) is 0 Å². The number of piperidine rings is 1. The SMILES string of the molecule is O=C(NC1CC12CCN(CC1CCOCC1)CC2)c1cc(Cl)cc(Cl)c1. The second-order valence-electron chi connectivity index (χ2n) is 8.11. The van der Waals surface area contributed by atoms with Crippen LogP contribution >= 0.6 is 23.2 Å². The van der Waals surface area contributed by atoms with Crippen LogP contribution in [0.15, 0.2) is 18.2 Å². The smallest absolute Gasteiger partial charge is 0.251 e. The summed E-state index contributed by atoms with van der Waals surface area (Å²) in [5.74, 6) is 0.723. The van der Waals surface area contributed by atoms with Crippen molar-refractivity contribution in [1.82, 2.24) is 10.2 Å². The maximum absolute atomic E-state index is 12.5. The first-order valence-electron chi connectivity index (χ1n) is 9.61. The molecule has 6 heteroatoms. The number of carbonyl (C=O) groups is 1. The predicted octanol–water partition coefficient (Wildman–Crippen LogP) is 4.00. The summed E-state index contributed by atoms with van der Waals surface area (Å²) in [7, 11) is 0. The molecule has 142 valence electrons. The van der Waals surface area contributed by atoms with Gasteiger partial charge in [0.25, 0.3) is 5.91 Å². The van der Waals surface area contributed by atoms with Crippen LogP contribution in [0.3, 0.4) is 0 Å². The van der Waals surface area contributed by atoms with E-state index in [1.807, 2.05) is 0 Å². The average Bonchev–Trinajstić information content (AvgIpc) is 3.28. The summed E-state index contributed by atoms with van der Waals surface area (Å²) in [6.07, 6.45) is 5.85. The molecule has 26 heavy (non-hydrogen) atoms. The zero-order valence-corrected chi connectivity index (χ0v) is 16.5. The van der Waals surface area contributed by atoms with Gasteiger partial charge < -0.3 is 15.0 Å². The third-order valence-corrected chi connectivity index (χ3v) is 6.77. The Bertz CT molecular complexity index is 648. The fourth-order valence-corrected chi connectivity index (χ4v) is 5.03. The Balaban J connectivity index is 1.26. The van der Waals surface area contributed by atoms with E-state index in [4.69, 9.17) is 27.9 Å². The summed E-state index contributed by atoms with van der Waals surface area (Å²) in [6.45, 7) is 5.34. The summed E-state index contributed by atoms with van der Waals surface area (Å²) in [6, 6.07) is 5.29. The maximum Gasteiger partial charge on any atom is 0.251 e. The van der Waals surface area contributed by atoms with Gasteiger partial charge in [-0.15, -0.1) is 0 Å². The minimum Gasteiger partial charge on any atom is -0.381 e. The van der Waals surface area contributed by atoms with Crippen molar-refractivity contribution < 1.29 is 9.53 Å². The van der Waals surface area contributed by atoms with E-state index in [1.54, 1.807) is 18.2 Å². The average molecular weight is 397 g/mol. The van der Waals surface area contributed by atoms with Crippen LogP contribution in [0.2, 0.25) is 10.0 Å². The van der Waals surface area contributed by atoms with Crippen molar-refractivity contribution in [1.29, 1.82) is 0 Å². The first kappa shape index (κ1) is 18.5. The van der Waals surface area contributed by atoms with Crippen LogP contribution < -0.4 is 5.32 Å². The molecule has 1 spiro atoms. The third-order valence-electron chi connectivity index (χ3n) is 6.33. The van der Waals surface area contributed by atoms with Crippen molar-refractivity contribution in [3.63, 3.8) is 0 Å². The molecule has 0 bridgehead atoms. The minimum absolute atomic E-state index is 0.0686. The van der Waals surface area contributed by atoms with Crippen molar-refractivity contribution in [2.75, 3.05) is 32.8 Å². The molecular formula is C20H26Cl2N2O2. The molecule has 0 aromatic heterocycles. The topological polar surface area (TPSA) is 41.6 Å². The number of hydrogen-bond donors (Lipinski definition) is 1. The molecule has 4 rings (SSSR count). The van der Waals surface area contributed by atoms with Crippen LogP contribution in [-0.4, -0.2) is 49.7 Å². The van der Waals surface area contributed by atoms with Gasteiger partial charge in [0.05, 0.1) is 0 Å². The van der Waals surface area contributed by atoms with E-state index in [2.05, 4.69) is 10.2 Å².